The van der Waals surface area contributed by atoms with Crippen LogP contribution >= 0.6 is 11.6 Å². The fourth-order valence-corrected chi connectivity index (χ4v) is 3.16. The van der Waals surface area contributed by atoms with Gasteiger partial charge in [0.05, 0.1) is 22.9 Å². The highest BCUT2D eigenvalue weighted by Crippen LogP contribution is 2.20. The summed E-state index contributed by atoms with van der Waals surface area (Å²) in [5, 5.41) is 5.98. The van der Waals surface area contributed by atoms with E-state index in [-0.39, 0.29) is 17.6 Å². The summed E-state index contributed by atoms with van der Waals surface area (Å²) < 4.78 is 7.06. The number of imidazole rings is 1. The molecule has 30 heavy (non-hydrogen) atoms. The Labute approximate surface area is 176 Å². The van der Waals surface area contributed by atoms with Gasteiger partial charge in [0, 0.05) is 31.9 Å². The molecule has 3 heterocycles. The third-order valence-corrected chi connectivity index (χ3v) is 4.82. The quantitative estimate of drug-likeness (QED) is 0.462. The van der Waals surface area contributed by atoms with E-state index in [2.05, 4.69) is 20.6 Å². The van der Waals surface area contributed by atoms with Gasteiger partial charge in [-0.2, -0.15) is 0 Å². The third kappa shape index (κ3) is 4.18. The Hall–Kier alpha value is -3.65. The lowest BCUT2D eigenvalue weighted by molar-refractivity contribution is 0.0952. The minimum atomic E-state index is -0.324. The Bertz CT molecular complexity index is 1200. The number of carbonyl (C=O) groups is 2. The minimum absolute atomic E-state index is 0.221. The molecule has 0 spiro atoms. The molecule has 0 saturated carbocycles. The number of pyridine rings is 1. The number of aryl methyl sites for hydroxylation is 1. The van der Waals surface area contributed by atoms with Crippen molar-refractivity contribution in [2.45, 2.75) is 6.42 Å². The van der Waals surface area contributed by atoms with Gasteiger partial charge in [0.15, 0.2) is 5.76 Å². The molecule has 0 saturated heterocycles. The summed E-state index contributed by atoms with van der Waals surface area (Å²) in [7, 11) is 1.91. The maximum absolute atomic E-state index is 12.2. The largest absolute Gasteiger partial charge is 0.459 e. The summed E-state index contributed by atoms with van der Waals surface area (Å²) in [6.07, 6.45) is 3.43. The number of anilines is 1. The van der Waals surface area contributed by atoms with Gasteiger partial charge in [0.1, 0.15) is 11.0 Å². The molecule has 0 atom stereocenters. The van der Waals surface area contributed by atoms with E-state index in [0.717, 1.165) is 16.9 Å². The van der Waals surface area contributed by atoms with E-state index in [0.29, 0.717) is 29.4 Å². The molecule has 0 aliphatic heterocycles. The first-order valence-corrected chi connectivity index (χ1v) is 9.59. The summed E-state index contributed by atoms with van der Waals surface area (Å²) in [6.45, 7) is 0.417. The summed E-state index contributed by atoms with van der Waals surface area (Å²) >= 11 is 5.74. The third-order valence-electron chi connectivity index (χ3n) is 4.60. The first kappa shape index (κ1) is 19.7. The average Bonchev–Trinajstić information content (AvgIpc) is 3.37. The fraction of sp³-hybridized carbons (Fsp3) is 0.143. The SMILES string of the molecule is Cn1c(CCNC(=O)c2ccc(Cl)nc2)nc2cc(NC(=O)c3ccco3)ccc21. The lowest BCUT2D eigenvalue weighted by atomic mass is 10.2. The monoisotopic (exact) mass is 423 g/mol. The van der Waals surface area contributed by atoms with Crippen molar-refractivity contribution in [2.24, 2.45) is 7.05 Å². The van der Waals surface area contributed by atoms with Crippen molar-refractivity contribution < 1.29 is 14.0 Å². The molecule has 8 nitrogen and oxygen atoms in total. The molecular formula is C21H18ClN5O3. The van der Waals surface area contributed by atoms with Crippen molar-refractivity contribution in [3.63, 3.8) is 0 Å². The Morgan fingerprint density at radius 2 is 2.03 bits per heavy atom. The van der Waals surface area contributed by atoms with Crippen LogP contribution in [0.3, 0.4) is 0 Å². The predicted molar refractivity (Wildman–Crippen MR) is 113 cm³/mol. The number of benzene rings is 1. The number of hydrogen-bond acceptors (Lipinski definition) is 5. The molecule has 0 fully saturated rings. The van der Waals surface area contributed by atoms with Crippen molar-refractivity contribution in [1.29, 1.82) is 0 Å². The van der Waals surface area contributed by atoms with Crippen LogP contribution in [0.2, 0.25) is 5.15 Å². The van der Waals surface area contributed by atoms with Crippen LogP contribution in [0.1, 0.15) is 26.7 Å². The van der Waals surface area contributed by atoms with Crippen LogP contribution in [-0.4, -0.2) is 32.9 Å². The van der Waals surface area contributed by atoms with Crippen molar-refractivity contribution >= 4 is 40.1 Å². The van der Waals surface area contributed by atoms with Gasteiger partial charge < -0.3 is 19.6 Å². The van der Waals surface area contributed by atoms with E-state index in [4.69, 9.17) is 16.0 Å². The van der Waals surface area contributed by atoms with E-state index in [1.165, 1.54) is 12.5 Å². The van der Waals surface area contributed by atoms with Crippen molar-refractivity contribution in [2.75, 3.05) is 11.9 Å². The van der Waals surface area contributed by atoms with Gasteiger partial charge in [-0.1, -0.05) is 11.6 Å². The summed E-state index contributed by atoms with van der Waals surface area (Å²) in [5.74, 6) is 0.508. The standard InChI is InChI=1S/C21H18ClN5O3/c1-27-16-6-5-14(25-21(29)17-3-2-10-30-17)11-15(16)26-19(27)8-9-23-20(28)13-4-7-18(22)24-12-13/h2-7,10-12H,8-9H2,1H3,(H,23,28)(H,25,29). The van der Waals surface area contributed by atoms with E-state index in [1.54, 1.807) is 30.3 Å². The number of nitrogens with zero attached hydrogens (tertiary/aromatic N) is 3. The molecule has 152 valence electrons. The maximum atomic E-state index is 12.2. The normalized spacial score (nSPS) is 10.9. The minimum Gasteiger partial charge on any atom is -0.459 e. The highest BCUT2D eigenvalue weighted by Gasteiger charge is 2.12. The molecule has 0 bridgehead atoms. The van der Waals surface area contributed by atoms with Gasteiger partial charge in [-0.25, -0.2) is 9.97 Å². The highest BCUT2D eigenvalue weighted by molar-refractivity contribution is 6.29. The Balaban J connectivity index is 1.42. The van der Waals surface area contributed by atoms with E-state index < -0.39 is 0 Å². The zero-order valence-corrected chi connectivity index (χ0v) is 16.8. The van der Waals surface area contributed by atoms with Gasteiger partial charge in [-0.3, -0.25) is 9.59 Å². The molecule has 1 aromatic carbocycles. The molecule has 2 N–H and O–H groups in total. The molecule has 4 aromatic rings. The zero-order chi connectivity index (χ0) is 21.1. The molecule has 0 unspecified atom stereocenters. The van der Waals surface area contributed by atoms with E-state index in [1.807, 2.05) is 23.7 Å². The van der Waals surface area contributed by atoms with E-state index in [9.17, 15) is 9.59 Å². The summed E-state index contributed by atoms with van der Waals surface area (Å²) in [4.78, 5) is 32.9. The van der Waals surface area contributed by atoms with Crippen LogP contribution in [-0.2, 0) is 13.5 Å². The first-order valence-electron chi connectivity index (χ1n) is 9.21. The van der Waals surface area contributed by atoms with Crippen LogP contribution in [0.15, 0.2) is 59.3 Å². The van der Waals surface area contributed by atoms with E-state index >= 15 is 0 Å². The number of aromatic nitrogens is 3. The Kier molecular flexibility index (Phi) is 5.49. The van der Waals surface area contributed by atoms with Crippen LogP contribution in [0.25, 0.3) is 11.0 Å². The Morgan fingerprint density at radius 3 is 2.77 bits per heavy atom. The van der Waals surface area contributed by atoms with Gasteiger partial charge in [0.2, 0.25) is 0 Å². The Morgan fingerprint density at radius 1 is 1.17 bits per heavy atom. The lowest BCUT2D eigenvalue weighted by Gasteiger charge is -2.06. The molecular weight excluding hydrogens is 406 g/mol. The predicted octanol–water partition coefficient (Wildman–Crippen LogP) is 3.44. The first-order chi connectivity index (χ1) is 14.5. The number of nitrogens with one attached hydrogen (secondary N) is 2. The highest BCUT2D eigenvalue weighted by atomic mass is 35.5. The fourth-order valence-electron chi connectivity index (χ4n) is 3.05. The number of amides is 2. The molecule has 0 aliphatic rings. The average molecular weight is 424 g/mol. The van der Waals surface area contributed by atoms with Crippen molar-refractivity contribution in [1.82, 2.24) is 19.9 Å². The number of carbonyl (C=O) groups excluding carboxylic acids is 2. The van der Waals surface area contributed by atoms with Gasteiger partial charge in [-0.15, -0.1) is 0 Å². The number of fused-ring (bicyclic) bond motifs is 1. The number of halogens is 1. The topological polar surface area (TPSA) is 102 Å². The molecule has 0 radical (unpaired) electrons. The number of rotatable bonds is 6. The zero-order valence-electron chi connectivity index (χ0n) is 16.1. The smallest absolute Gasteiger partial charge is 0.291 e. The van der Waals surface area contributed by atoms with Gasteiger partial charge in [0.25, 0.3) is 11.8 Å². The maximum Gasteiger partial charge on any atom is 0.291 e. The van der Waals surface area contributed by atoms with Gasteiger partial charge in [-0.05, 0) is 42.5 Å². The molecule has 4 rings (SSSR count). The van der Waals surface area contributed by atoms with Crippen LogP contribution < -0.4 is 10.6 Å². The second-order valence-electron chi connectivity index (χ2n) is 6.60. The number of hydrogen-bond donors (Lipinski definition) is 2. The van der Waals surface area contributed by atoms with Crippen molar-refractivity contribution in [3.05, 3.63) is 77.2 Å². The summed E-state index contributed by atoms with van der Waals surface area (Å²) in [5.41, 5.74) is 2.74. The van der Waals surface area contributed by atoms with Crippen LogP contribution in [0, 0.1) is 0 Å². The number of furan rings is 1. The van der Waals surface area contributed by atoms with Crippen LogP contribution in [0.5, 0.6) is 0 Å². The molecule has 9 heteroatoms. The second-order valence-corrected chi connectivity index (χ2v) is 6.98. The lowest BCUT2D eigenvalue weighted by Crippen LogP contribution is -2.26. The summed E-state index contributed by atoms with van der Waals surface area (Å²) in [6, 6.07) is 12.0. The molecule has 2 amide bonds. The van der Waals surface area contributed by atoms with Gasteiger partial charge >= 0.3 is 0 Å². The second kappa shape index (κ2) is 8.38. The van der Waals surface area contributed by atoms with Crippen molar-refractivity contribution in [3.8, 4) is 0 Å². The molecule has 3 aromatic heterocycles. The molecule has 0 aliphatic carbocycles. The van der Waals surface area contributed by atoms with Crippen LogP contribution in [0.4, 0.5) is 5.69 Å².